The van der Waals surface area contributed by atoms with E-state index in [4.69, 9.17) is 10.8 Å². The molecule has 0 saturated carbocycles. The molecule has 0 aliphatic heterocycles. The lowest BCUT2D eigenvalue weighted by Gasteiger charge is -2.07. The summed E-state index contributed by atoms with van der Waals surface area (Å²) in [6.45, 7) is 0.599. The summed E-state index contributed by atoms with van der Waals surface area (Å²) < 4.78 is 0. The Hall–Kier alpha value is -2.15. The van der Waals surface area contributed by atoms with E-state index in [1.54, 1.807) is 0 Å². The van der Waals surface area contributed by atoms with Gasteiger partial charge in [0.15, 0.2) is 0 Å². The van der Waals surface area contributed by atoms with Crippen LogP contribution in [0.3, 0.4) is 0 Å². The first kappa shape index (κ1) is 13.9. The molecule has 18 heavy (non-hydrogen) atoms. The molecule has 0 aliphatic rings. The maximum absolute atomic E-state index is 10.9. The van der Waals surface area contributed by atoms with E-state index < -0.39 is 10.8 Å². The van der Waals surface area contributed by atoms with Gasteiger partial charge in [-0.25, -0.2) is 0 Å². The fourth-order valence-corrected chi connectivity index (χ4v) is 1.45. The first-order valence-electron chi connectivity index (χ1n) is 5.49. The summed E-state index contributed by atoms with van der Waals surface area (Å²) in [4.78, 5) is 21.2. The molecule has 0 bridgehead atoms. The van der Waals surface area contributed by atoms with Crippen molar-refractivity contribution >= 4 is 17.3 Å². The number of nitrogens with one attached hydrogen (secondary N) is 1. The number of benzene rings is 1. The van der Waals surface area contributed by atoms with Gasteiger partial charge in [-0.1, -0.05) is 0 Å². The third-order valence-corrected chi connectivity index (χ3v) is 2.38. The van der Waals surface area contributed by atoms with E-state index in [9.17, 15) is 14.9 Å². The first-order valence-corrected chi connectivity index (χ1v) is 5.49. The molecule has 1 amide bonds. The number of nitrogens with two attached hydrogens (primary N) is 1. The van der Waals surface area contributed by atoms with Gasteiger partial charge in [0, 0.05) is 24.8 Å². The number of aliphatic hydroxyl groups excluding tert-OH is 1. The van der Waals surface area contributed by atoms with Crippen molar-refractivity contribution in [3.63, 3.8) is 0 Å². The third kappa shape index (κ3) is 3.70. The zero-order valence-electron chi connectivity index (χ0n) is 9.76. The topological polar surface area (TPSA) is 118 Å². The van der Waals surface area contributed by atoms with Crippen molar-refractivity contribution < 1.29 is 14.8 Å². The average molecular weight is 253 g/mol. The van der Waals surface area contributed by atoms with Gasteiger partial charge in [-0.15, -0.1) is 0 Å². The number of unbranched alkanes of at least 4 members (excludes halogenated alkanes) is 1. The number of anilines is 1. The Morgan fingerprint density at radius 2 is 2.17 bits per heavy atom. The molecule has 7 heteroatoms. The quantitative estimate of drug-likeness (QED) is 0.378. The number of rotatable bonds is 7. The van der Waals surface area contributed by atoms with Crippen LogP contribution in [0.5, 0.6) is 0 Å². The number of nitrogens with zero attached hydrogens (tertiary/aromatic N) is 1. The molecular weight excluding hydrogens is 238 g/mol. The second-order valence-corrected chi connectivity index (χ2v) is 3.71. The molecule has 1 aromatic carbocycles. The van der Waals surface area contributed by atoms with Crippen molar-refractivity contribution in [3.8, 4) is 0 Å². The zero-order valence-corrected chi connectivity index (χ0v) is 9.76. The minimum atomic E-state index is -0.704. The molecule has 0 saturated heterocycles. The van der Waals surface area contributed by atoms with Gasteiger partial charge in [0.1, 0.15) is 5.69 Å². The van der Waals surface area contributed by atoms with Gasteiger partial charge in [0.25, 0.3) is 5.69 Å². The van der Waals surface area contributed by atoms with Crippen LogP contribution in [0.15, 0.2) is 18.2 Å². The minimum Gasteiger partial charge on any atom is -0.396 e. The predicted molar refractivity (Wildman–Crippen MR) is 66.4 cm³/mol. The Labute approximate surface area is 104 Å². The van der Waals surface area contributed by atoms with E-state index in [0.717, 1.165) is 6.07 Å². The van der Waals surface area contributed by atoms with Crippen LogP contribution in [0, 0.1) is 10.1 Å². The number of nitro benzene ring substituents is 1. The van der Waals surface area contributed by atoms with Gasteiger partial charge in [-0.2, -0.15) is 0 Å². The van der Waals surface area contributed by atoms with Crippen LogP contribution in [-0.4, -0.2) is 29.1 Å². The van der Waals surface area contributed by atoms with Crippen LogP contribution in [0.1, 0.15) is 23.2 Å². The van der Waals surface area contributed by atoms with E-state index in [1.165, 1.54) is 12.1 Å². The number of amides is 1. The number of carbonyl (C=O) groups excluding carboxylic acids is 1. The Bertz CT molecular complexity index is 448. The third-order valence-electron chi connectivity index (χ3n) is 2.38. The van der Waals surface area contributed by atoms with Crippen LogP contribution >= 0.6 is 0 Å². The maximum atomic E-state index is 10.9. The molecule has 1 aromatic rings. The SMILES string of the molecule is NC(=O)c1ccc(NCCCCO)c([N+](=O)[O-])c1. The van der Waals surface area contributed by atoms with E-state index in [2.05, 4.69) is 5.32 Å². The maximum Gasteiger partial charge on any atom is 0.293 e. The van der Waals surface area contributed by atoms with Crippen LogP contribution in [0.25, 0.3) is 0 Å². The molecule has 98 valence electrons. The number of primary amides is 1. The number of hydrogen-bond acceptors (Lipinski definition) is 5. The molecule has 0 aliphatic carbocycles. The molecule has 0 unspecified atom stereocenters. The lowest BCUT2D eigenvalue weighted by Crippen LogP contribution is -2.12. The summed E-state index contributed by atoms with van der Waals surface area (Å²) in [6.07, 6.45) is 1.32. The smallest absolute Gasteiger partial charge is 0.293 e. The molecule has 0 heterocycles. The second-order valence-electron chi connectivity index (χ2n) is 3.71. The van der Waals surface area contributed by atoms with Gasteiger partial charge in [0.2, 0.25) is 5.91 Å². The molecule has 0 aromatic heterocycles. The fourth-order valence-electron chi connectivity index (χ4n) is 1.45. The highest BCUT2D eigenvalue weighted by Gasteiger charge is 2.15. The van der Waals surface area contributed by atoms with Crippen LogP contribution in [-0.2, 0) is 0 Å². The number of nitro groups is 1. The van der Waals surface area contributed by atoms with E-state index in [1.807, 2.05) is 0 Å². The fraction of sp³-hybridized carbons (Fsp3) is 0.364. The van der Waals surface area contributed by atoms with Crippen LogP contribution < -0.4 is 11.1 Å². The first-order chi connectivity index (χ1) is 8.56. The molecule has 7 nitrogen and oxygen atoms in total. The number of carbonyl (C=O) groups is 1. The lowest BCUT2D eigenvalue weighted by molar-refractivity contribution is -0.384. The van der Waals surface area contributed by atoms with Crippen molar-refractivity contribution in [2.75, 3.05) is 18.5 Å². The molecule has 0 spiro atoms. The zero-order chi connectivity index (χ0) is 13.5. The van der Waals surface area contributed by atoms with Crippen LogP contribution in [0.2, 0.25) is 0 Å². The van der Waals surface area contributed by atoms with Gasteiger partial charge >= 0.3 is 0 Å². The number of aliphatic hydroxyl groups is 1. The largest absolute Gasteiger partial charge is 0.396 e. The molecule has 0 atom stereocenters. The van der Waals surface area contributed by atoms with Gasteiger partial charge in [-0.3, -0.25) is 14.9 Å². The monoisotopic (exact) mass is 253 g/mol. The summed E-state index contributed by atoms with van der Waals surface area (Å²) in [7, 11) is 0. The molecule has 4 N–H and O–H groups in total. The molecule has 0 radical (unpaired) electrons. The Balaban J connectivity index is 2.83. The highest BCUT2D eigenvalue weighted by atomic mass is 16.6. The average Bonchev–Trinajstić information content (AvgIpc) is 2.34. The summed E-state index contributed by atoms with van der Waals surface area (Å²) in [5.74, 6) is -0.704. The second kappa shape index (κ2) is 6.55. The Morgan fingerprint density at radius 3 is 2.72 bits per heavy atom. The Kier molecular flexibility index (Phi) is 5.06. The van der Waals surface area contributed by atoms with Crippen molar-refractivity contribution in [2.45, 2.75) is 12.8 Å². The highest BCUT2D eigenvalue weighted by molar-refractivity contribution is 5.94. The number of hydrogen-bond donors (Lipinski definition) is 3. The summed E-state index contributed by atoms with van der Waals surface area (Å²) in [6, 6.07) is 4.04. The normalized spacial score (nSPS) is 10.1. The van der Waals surface area contributed by atoms with Gasteiger partial charge in [-0.05, 0) is 25.0 Å². The lowest BCUT2D eigenvalue weighted by atomic mass is 10.1. The molecule has 1 rings (SSSR count). The van der Waals surface area contributed by atoms with Crippen molar-refractivity contribution in [1.29, 1.82) is 0 Å². The minimum absolute atomic E-state index is 0.0877. The van der Waals surface area contributed by atoms with Crippen molar-refractivity contribution in [2.24, 2.45) is 5.73 Å². The summed E-state index contributed by atoms with van der Waals surface area (Å²) in [5, 5.41) is 22.4. The summed E-state index contributed by atoms with van der Waals surface area (Å²) >= 11 is 0. The molecule has 0 fully saturated rings. The van der Waals surface area contributed by atoms with Gasteiger partial charge < -0.3 is 16.2 Å². The van der Waals surface area contributed by atoms with Crippen molar-refractivity contribution in [3.05, 3.63) is 33.9 Å². The Morgan fingerprint density at radius 1 is 1.44 bits per heavy atom. The summed E-state index contributed by atoms with van der Waals surface area (Å²) in [5.41, 5.74) is 5.31. The predicted octanol–water partition coefficient (Wildman–Crippen LogP) is 0.878. The van der Waals surface area contributed by atoms with Crippen molar-refractivity contribution in [1.82, 2.24) is 0 Å². The van der Waals surface area contributed by atoms with E-state index in [0.29, 0.717) is 25.1 Å². The van der Waals surface area contributed by atoms with E-state index in [-0.39, 0.29) is 17.9 Å². The standard InChI is InChI=1S/C11H15N3O4/c12-11(16)8-3-4-9(10(7-8)14(17)18)13-5-1-2-6-15/h3-4,7,13,15H,1-2,5-6H2,(H2,12,16). The van der Waals surface area contributed by atoms with Gasteiger partial charge in [0.05, 0.1) is 4.92 Å². The molecular formula is C11H15N3O4. The van der Waals surface area contributed by atoms with Crippen LogP contribution in [0.4, 0.5) is 11.4 Å². The van der Waals surface area contributed by atoms with E-state index >= 15 is 0 Å². The highest BCUT2D eigenvalue weighted by Crippen LogP contribution is 2.25.